The monoisotopic (exact) mass is 1230 g/mol. The predicted molar refractivity (Wildman–Crippen MR) is 277 cm³/mol. The minimum absolute atomic E-state index is 0.413. The number of hydrogen-bond donors (Lipinski definition) is 4. The highest BCUT2D eigenvalue weighted by atomic mass is 16.3. The van der Waals surface area contributed by atoms with Gasteiger partial charge in [0.15, 0.2) is 74.0 Å². The summed E-state index contributed by atoms with van der Waals surface area (Å²) in [5.41, 5.74) is 10.3. The Morgan fingerprint density at radius 3 is 0.580 bits per heavy atom. The molecule has 0 radical (unpaired) electrons. The zero-order valence-electron chi connectivity index (χ0n) is 47.8. The summed E-state index contributed by atoms with van der Waals surface area (Å²) in [6.45, 7) is 4.72. The number of carbonyl (C=O) groups excluding carboxylic acids is 13. The van der Waals surface area contributed by atoms with Crippen molar-refractivity contribution in [3.8, 4) is 0 Å². The summed E-state index contributed by atoms with van der Waals surface area (Å²) in [5, 5.41) is 4.78. The van der Waals surface area contributed by atoms with E-state index in [0.29, 0.717) is 12.3 Å². The van der Waals surface area contributed by atoms with E-state index in [1.807, 2.05) is 13.8 Å². The lowest BCUT2D eigenvalue weighted by Crippen LogP contribution is -3.07. The van der Waals surface area contributed by atoms with E-state index >= 15 is 57.5 Å². The molecule has 468 valence electrons. The standard InChI is InChI=1S/C36H36N24O12.C6H14N2O.C5H12N2/c61-25-37-1-38-14-16-42(26(38)62)4-46-18-20-50(30(46)66)8-54-22-24-58(34(54)70)11-57-23-21-53(33(57)69)7-49-19-17-45(29(49)65)3-41(25)15-13(37)39-2-40(14)28(64)44(16)6-48(18)32(68)52(20)10-56(22)36(72)60(24)12-59(23)35(71)55(21)9-51(19)31(67)47(17)5-43(15)27(39)63;1-4(2)3-5(7)6(8)9;1-5-4-6-2-3-7-5/h13-24H,1-12H2;4-5H,3,7H2,1-2H3,(H2,8,9);5-7H,2-4H2,1H3/p+2/t;2*5-/m.01/s1. The van der Waals surface area contributed by atoms with Crippen LogP contribution >= 0.6 is 0 Å². The molecule has 88 heavy (non-hydrogen) atoms. The van der Waals surface area contributed by atoms with Crippen LogP contribution in [0.25, 0.3) is 0 Å². The number of nitrogens with zero attached hydrogens (tertiary/aromatic N) is 24. The maximum absolute atomic E-state index is 15.1. The third kappa shape index (κ3) is 5.98. The molecule has 41 nitrogen and oxygen atoms in total. The highest BCUT2D eigenvalue weighted by Gasteiger charge is 2.76. The zero-order chi connectivity index (χ0) is 60.8. The third-order valence-electron chi connectivity index (χ3n) is 21.4. The van der Waals surface area contributed by atoms with Crippen LogP contribution in [0.2, 0.25) is 0 Å². The number of primary amides is 1. The molecule has 0 unspecified atom stereocenters. The topological polar surface area (TPSA) is 385 Å². The lowest BCUT2D eigenvalue weighted by Gasteiger charge is -2.42. The smallest absolute Gasteiger partial charge is 0.326 e. The number of hydrogen-bond acceptors (Lipinski definition) is 14. The molecule has 25 amide bonds. The first-order valence-corrected chi connectivity index (χ1v) is 29.7. The minimum Gasteiger partial charge on any atom is -0.368 e. The Kier molecular flexibility index (Phi) is 9.89. The Labute approximate surface area is 498 Å². The van der Waals surface area contributed by atoms with E-state index in [4.69, 9.17) is 11.5 Å². The summed E-state index contributed by atoms with van der Waals surface area (Å²) < 4.78 is 0. The van der Waals surface area contributed by atoms with Gasteiger partial charge < -0.3 is 22.1 Å². The van der Waals surface area contributed by atoms with Gasteiger partial charge in [-0.1, -0.05) is 13.8 Å². The molecule has 0 aliphatic carbocycles. The van der Waals surface area contributed by atoms with Gasteiger partial charge in [0, 0.05) is 0 Å². The van der Waals surface area contributed by atoms with Crippen molar-refractivity contribution in [2.24, 2.45) is 17.4 Å². The summed E-state index contributed by atoms with van der Waals surface area (Å²) in [7, 11) is 0. The largest absolute Gasteiger partial charge is 0.368 e. The van der Waals surface area contributed by atoms with Crippen LogP contribution in [0, 0.1) is 5.92 Å². The van der Waals surface area contributed by atoms with Crippen LogP contribution in [-0.2, 0) is 4.79 Å². The van der Waals surface area contributed by atoms with E-state index < -0.39 is 238 Å². The van der Waals surface area contributed by atoms with E-state index in [2.05, 4.69) is 17.6 Å². The highest BCUT2D eigenvalue weighted by molar-refractivity contribution is 5.95. The highest BCUT2D eigenvalue weighted by Crippen LogP contribution is 2.51. The average molecular weight is 1230 g/mol. The van der Waals surface area contributed by atoms with Gasteiger partial charge in [-0.2, -0.15) is 0 Å². The van der Waals surface area contributed by atoms with Gasteiger partial charge in [-0.15, -0.1) is 0 Å². The molecule has 0 spiro atoms. The van der Waals surface area contributed by atoms with Gasteiger partial charge in [-0.05, 0) is 19.3 Å². The van der Waals surface area contributed by atoms with Gasteiger partial charge in [0.25, 0.3) is 0 Å². The second-order valence-electron chi connectivity index (χ2n) is 26.3. The molecule has 0 aromatic carbocycles. The maximum Gasteiger partial charge on any atom is 0.326 e. The first kappa shape index (κ1) is 51.8. The fourth-order valence-electron chi connectivity index (χ4n) is 17.6. The lowest BCUT2D eigenvalue weighted by atomic mass is 10.0. The van der Waals surface area contributed by atoms with Crippen molar-refractivity contribution in [1.29, 1.82) is 0 Å². The van der Waals surface area contributed by atoms with Crippen molar-refractivity contribution >= 4 is 78.3 Å². The van der Waals surface area contributed by atoms with Crippen LogP contribution in [0.15, 0.2) is 0 Å². The van der Waals surface area contributed by atoms with Crippen LogP contribution in [0.4, 0.5) is 57.5 Å². The number of piperazine rings is 1. The molecule has 0 aromatic heterocycles. The number of amides is 25. The van der Waals surface area contributed by atoms with Crippen LogP contribution in [-0.4, -0.2) is 382 Å². The average Bonchev–Trinajstić information content (AvgIpc) is 1.57. The van der Waals surface area contributed by atoms with Gasteiger partial charge >= 0.3 is 72.4 Å². The second-order valence-corrected chi connectivity index (χ2v) is 26.3. The van der Waals surface area contributed by atoms with Crippen molar-refractivity contribution in [1.82, 2.24) is 118 Å². The Balaban J connectivity index is 0.000000321. The summed E-state index contributed by atoms with van der Waals surface area (Å²) in [4.78, 5) is 224. The molecule has 0 saturated carbocycles. The van der Waals surface area contributed by atoms with Crippen molar-refractivity contribution in [3.05, 3.63) is 0 Å². The van der Waals surface area contributed by atoms with Crippen molar-refractivity contribution < 1.29 is 73.0 Å². The van der Waals surface area contributed by atoms with E-state index in [0.717, 1.165) is 6.04 Å². The van der Waals surface area contributed by atoms with Crippen molar-refractivity contribution in [2.45, 2.75) is 113 Å². The van der Waals surface area contributed by atoms with Gasteiger partial charge in [0.1, 0.15) is 106 Å². The summed E-state index contributed by atoms with van der Waals surface area (Å²) in [6.07, 6.45) is -13.2. The van der Waals surface area contributed by atoms with Crippen LogP contribution in [0.1, 0.15) is 27.2 Å². The van der Waals surface area contributed by atoms with Gasteiger partial charge in [0.2, 0.25) is 5.91 Å². The van der Waals surface area contributed by atoms with Crippen LogP contribution in [0.3, 0.4) is 0 Å². The SMILES string of the molecule is CC(C)C[C@H](N)C(N)=O.C[C@@H]1C[NH2+]CC[NH2+]1.O=C1N2CN3C(=O)N4CN5C(=O)N6CN7C(=O)N8CN9C(=O)N%10CN%11C(=O)N%12CN1C1C2N2CN%13C(=O)N(CN%14C(=O)N(CN%15C(=O)N(CN%16C(=O)N(CN%17C(=O)N(CN1C2=O)C%12C%11%17)C%10C9%16)C8C7%15)C6C5%14)C4C3%13. The fourth-order valence-corrected chi connectivity index (χ4v) is 17.6. The molecule has 8 N–H and O–H groups in total. The molecule has 19 fully saturated rings. The van der Waals surface area contributed by atoms with E-state index in [1.54, 1.807) is 0 Å². The fraction of sp³-hybridized carbons (Fsp3) is 0.723. The van der Waals surface area contributed by atoms with E-state index in [9.17, 15) is 4.79 Å². The minimum atomic E-state index is -1.16. The van der Waals surface area contributed by atoms with Gasteiger partial charge in [0.05, 0.1) is 6.04 Å². The predicted octanol–water partition coefficient (Wildman–Crippen LogP) is -8.30. The molecule has 19 heterocycles. The molecule has 19 saturated heterocycles. The number of quaternary nitrogens is 2. The molecule has 19 aliphatic heterocycles. The number of rotatable bonds is 3. The van der Waals surface area contributed by atoms with Crippen molar-refractivity contribution in [3.63, 3.8) is 0 Å². The van der Waals surface area contributed by atoms with Crippen molar-refractivity contribution in [2.75, 3.05) is 99.7 Å². The molecule has 0 bridgehead atoms. The normalized spacial score (nSPS) is 37.0. The Morgan fingerprint density at radius 2 is 0.500 bits per heavy atom. The Bertz CT molecular complexity index is 2530. The molecule has 19 aliphatic rings. The van der Waals surface area contributed by atoms with Crippen LogP contribution in [0.5, 0.6) is 0 Å². The summed E-state index contributed by atoms with van der Waals surface area (Å²) in [5.74, 6) is 0.0243. The lowest BCUT2D eigenvalue weighted by molar-refractivity contribution is -0.808. The molecule has 19 rings (SSSR count). The van der Waals surface area contributed by atoms with E-state index in [-0.39, 0.29) is 0 Å². The summed E-state index contributed by atoms with van der Waals surface area (Å²) >= 11 is 0. The number of urea groups is 12. The summed E-state index contributed by atoms with van der Waals surface area (Å²) in [6, 6.07) is -7.51. The molecule has 41 heteroatoms. The van der Waals surface area contributed by atoms with E-state index in [1.165, 1.54) is 137 Å². The molecule has 0 aromatic rings. The first-order valence-electron chi connectivity index (χ1n) is 29.7. The number of carbonyl (C=O) groups is 13. The second kappa shape index (κ2) is 16.8. The number of nitrogens with two attached hydrogens (primary N) is 4. The first-order chi connectivity index (χ1) is 42.2. The third-order valence-corrected chi connectivity index (χ3v) is 21.4. The molecular weight excluding hydrogens is 1160 g/mol. The Morgan fingerprint density at radius 1 is 0.341 bits per heavy atom. The quantitative estimate of drug-likeness (QED) is 0.204. The van der Waals surface area contributed by atoms with Gasteiger partial charge in [-0.3, -0.25) is 122 Å². The Hall–Kier alpha value is -9.41. The zero-order valence-corrected chi connectivity index (χ0v) is 47.8. The van der Waals surface area contributed by atoms with Crippen LogP contribution < -0.4 is 22.1 Å². The molecular formula is C47H64N28O13+2. The molecule has 2 atom stereocenters. The maximum atomic E-state index is 15.1. The van der Waals surface area contributed by atoms with Gasteiger partial charge in [-0.25, -0.2) is 57.5 Å².